The molecule has 10 nitrogen and oxygen atoms in total. The van der Waals surface area contributed by atoms with E-state index in [0.29, 0.717) is 6.42 Å². The Hall–Kier alpha value is -1.11. The highest BCUT2D eigenvalue weighted by Crippen LogP contribution is 2.23. The van der Waals surface area contributed by atoms with Crippen molar-refractivity contribution >= 4 is 5.91 Å². The summed E-state index contributed by atoms with van der Waals surface area (Å²) in [6.45, 7) is 5.89. The molecule has 1 saturated heterocycles. The van der Waals surface area contributed by atoms with Crippen molar-refractivity contribution in [3.63, 3.8) is 0 Å². The molecule has 0 aromatic heterocycles. The molecule has 7 N–H and O–H groups in total. The quantitative estimate of drug-likeness (QED) is 0.0258. The molecule has 0 radical (unpaired) electrons. The van der Waals surface area contributed by atoms with E-state index in [9.17, 15) is 35.4 Å². The van der Waals surface area contributed by atoms with Gasteiger partial charge in [-0.15, -0.1) is 0 Å². The molecule has 1 heterocycles. The van der Waals surface area contributed by atoms with Crippen molar-refractivity contribution in [2.45, 2.75) is 237 Å². The number of hydrogen-bond donors (Lipinski definition) is 7. The largest absolute Gasteiger partial charge is 0.394 e. The number of allylic oxidation sites excluding steroid dienone is 1. The summed E-state index contributed by atoms with van der Waals surface area (Å²) in [7, 11) is 0. The average molecular weight is 758 g/mol. The summed E-state index contributed by atoms with van der Waals surface area (Å²) in [5, 5.41) is 64.5. The van der Waals surface area contributed by atoms with Gasteiger partial charge in [0.25, 0.3) is 0 Å². The van der Waals surface area contributed by atoms with Crippen LogP contribution in [0.4, 0.5) is 0 Å². The zero-order chi connectivity index (χ0) is 39.1. The Morgan fingerprint density at radius 1 is 0.679 bits per heavy atom. The van der Waals surface area contributed by atoms with Crippen LogP contribution in [-0.4, -0.2) is 98.7 Å². The van der Waals surface area contributed by atoms with Crippen LogP contribution in [-0.2, 0) is 14.3 Å². The standard InChI is InChI=1S/C43H83NO9/c1-4-5-6-7-8-9-10-11-12-13-14-15-18-22-25-28-31-37(47)42(51)44-35(33-52-43-41(50)40(49)39(48)38(32-45)53-43)36(46)30-27-24-21-19-16-17-20-23-26-29-34(2)3/h27,30,34-41,43,45-50H,4-26,28-29,31-33H2,1-3H3,(H,44,51)/b30-27+/t35-,36+,37?,38+,39+,40-,41+,43+/m0/s1. The fourth-order valence-electron chi connectivity index (χ4n) is 6.99. The van der Waals surface area contributed by atoms with E-state index in [1.165, 1.54) is 116 Å². The number of ether oxygens (including phenoxy) is 2. The van der Waals surface area contributed by atoms with Crippen LogP contribution in [0.15, 0.2) is 12.2 Å². The number of carbonyl (C=O) groups excluding carboxylic acids is 1. The van der Waals surface area contributed by atoms with Gasteiger partial charge in [0.15, 0.2) is 6.29 Å². The van der Waals surface area contributed by atoms with E-state index in [1.54, 1.807) is 6.08 Å². The van der Waals surface area contributed by atoms with Gasteiger partial charge < -0.3 is 45.4 Å². The van der Waals surface area contributed by atoms with E-state index in [0.717, 1.165) is 50.9 Å². The summed E-state index contributed by atoms with van der Waals surface area (Å²) in [5.41, 5.74) is 0. The van der Waals surface area contributed by atoms with Crippen LogP contribution in [0, 0.1) is 5.92 Å². The molecule has 10 heteroatoms. The van der Waals surface area contributed by atoms with Crippen LogP contribution < -0.4 is 5.32 Å². The Morgan fingerprint density at radius 3 is 1.64 bits per heavy atom. The average Bonchev–Trinajstić information content (AvgIpc) is 3.14. The fraction of sp³-hybridized carbons (Fsp3) is 0.930. The molecule has 1 aliphatic heterocycles. The van der Waals surface area contributed by atoms with Crippen LogP contribution >= 0.6 is 0 Å². The Morgan fingerprint density at radius 2 is 1.15 bits per heavy atom. The highest BCUT2D eigenvalue weighted by atomic mass is 16.7. The Balaban J connectivity index is 2.43. The van der Waals surface area contributed by atoms with E-state index in [-0.39, 0.29) is 6.61 Å². The third-order valence-electron chi connectivity index (χ3n) is 10.6. The second-order valence-corrected chi connectivity index (χ2v) is 16.1. The molecule has 0 saturated carbocycles. The lowest BCUT2D eigenvalue weighted by atomic mass is 9.99. The van der Waals surface area contributed by atoms with Gasteiger partial charge in [-0.3, -0.25) is 4.79 Å². The maximum absolute atomic E-state index is 13.0. The monoisotopic (exact) mass is 758 g/mol. The molecule has 314 valence electrons. The Kier molecular flexibility index (Phi) is 31.1. The summed E-state index contributed by atoms with van der Waals surface area (Å²) in [6.07, 6.45) is 24.5. The normalized spacial score (nSPS) is 22.4. The van der Waals surface area contributed by atoms with E-state index in [4.69, 9.17) is 9.47 Å². The topological polar surface area (TPSA) is 169 Å². The molecule has 0 aliphatic carbocycles. The zero-order valence-corrected chi connectivity index (χ0v) is 34.1. The van der Waals surface area contributed by atoms with E-state index in [2.05, 4.69) is 26.1 Å². The Bertz CT molecular complexity index is 873. The lowest BCUT2D eigenvalue weighted by Gasteiger charge is -2.40. The summed E-state index contributed by atoms with van der Waals surface area (Å²) in [6, 6.07) is -0.975. The molecule has 1 rings (SSSR count). The number of amides is 1. The summed E-state index contributed by atoms with van der Waals surface area (Å²) < 4.78 is 11.1. The number of carbonyl (C=O) groups is 1. The van der Waals surface area contributed by atoms with Crippen molar-refractivity contribution in [1.82, 2.24) is 5.32 Å². The van der Waals surface area contributed by atoms with Crippen LogP contribution in [0.2, 0.25) is 0 Å². The molecular formula is C43H83NO9. The molecule has 8 atom stereocenters. The predicted molar refractivity (Wildman–Crippen MR) is 213 cm³/mol. The first-order valence-corrected chi connectivity index (χ1v) is 21.9. The number of unbranched alkanes of at least 4 members (excludes halogenated alkanes) is 22. The summed E-state index contributed by atoms with van der Waals surface area (Å²) >= 11 is 0. The molecule has 0 bridgehead atoms. The molecule has 0 aromatic carbocycles. The number of hydrogen-bond acceptors (Lipinski definition) is 9. The van der Waals surface area contributed by atoms with Crippen LogP contribution in [0.1, 0.15) is 188 Å². The Labute approximate surface area is 323 Å². The van der Waals surface area contributed by atoms with Crippen molar-refractivity contribution < 1.29 is 44.9 Å². The van der Waals surface area contributed by atoms with Gasteiger partial charge in [0.05, 0.1) is 25.4 Å². The second kappa shape index (κ2) is 33.1. The lowest BCUT2D eigenvalue weighted by Crippen LogP contribution is -2.60. The van der Waals surface area contributed by atoms with Crippen molar-refractivity contribution in [2.24, 2.45) is 5.92 Å². The summed E-state index contributed by atoms with van der Waals surface area (Å²) in [5.74, 6) is 0.150. The lowest BCUT2D eigenvalue weighted by molar-refractivity contribution is -0.302. The van der Waals surface area contributed by atoms with Gasteiger partial charge in [0.2, 0.25) is 5.91 Å². The SMILES string of the molecule is CCCCCCCCCCCCCCCCCCC(O)C(=O)N[C@@H](CO[C@@H]1O[C@H](CO)[C@@H](O)[C@H](O)[C@H]1O)[C@H](O)/C=C/CCCCCCCCCC(C)C. The van der Waals surface area contributed by atoms with Gasteiger partial charge >= 0.3 is 0 Å². The molecule has 1 fully saturated rings. The maximum atomic E-state index is 13.0. The van der Waals surface area contributed by atoms with Gasteiger partial charge in [-0.2, -0.15) is 0 Å². The minimum Gasteiger partial charge on any atom is -0.394 e. The number of aliphatic hydroxyl groups is 6. The van der Waals surface area contributed by atoms with Crippen LogP contribution in [0.5, 0.6) is 0 Å². The van der Waals surface area contributed by atoms with Crippen molar-refractivity contribution in [3.8, 4) is 0 Å². The molecule has 53 heavy (non-hydrogen) atoms. The minimum absolute atomic E-state index is 0.303. The van der Waals surface area contributed by atoms with Gasteiger partial charge in [0.1, 0.15) is 30.5 Å². The second-order valence-electron chi connectivity index (χ2n) is 16.1. The van der Waals surface area contributed by atoms with Crippen LogP contribution in [0.25, 0.3) is 0 Å². The third kappa shape index (κ3) is 24.9. The number of nitrogens with one attached hydrogen (secondary N) is 1. The van der Waals surface area contributed by atoms with E-state index < -0.39 is 61.5 Å². The van der Waals surface area contributed by atoms with E-state index >= 15 is 0 Å². The van der Waals surface area contributed by atoms with Gasteiger partial charge in [-0.05, 0) is 25.2 Å². The molecule has 0 aromatic rings. The van der Waals surface area contributed by atoms with Gasteiger partial charge in [-0.25, -0.2) is 0 Å². The van der Waals surface area contributed by atoms with Gasteiger partial charge in [-0.1, -0.05) is 181 Å². The van der Waals surface area contributed by atoms with E-state index in [1.807, 2.05) is 6.08 Å². The van der Waals surface area contributed by atoms with Crippen molar-refractivity contribution in [1.29, 1.82) is 0 Å². The van der Waals surface area contributed by atoms with Gasteiger partial charge in [0, 0.05) is 0 Å². The molecule has 1 unspecified atom stereocenters. The first kappa shape index (κ1) is 49.9. The fourth-order valence-corrected chi connectivity index (χ4v) is 6.99. The van der Waals surface area contributed by atoms with Crippen molar-refractivity contribution in [3.05, 3.63) is 12.2 Å². The molecular weight excluding hydrogens is 674 g/mol. The zero-order valence-electron chi connectivity index (χ0n) is 34.1. The number of rotatable bonds is 35. The first-order chi connectivity index (χ1) is 25.6. The smallest absolute Gasteiger partial charge is 0.249 e. The third-order valence-corrected chi connectivity index (χ3v) is 10.6. The van der Waals surface area contributed by atoms with Crippen LogP contribution in [0.3, 0.4) is 0 Å². The molecule has 1 amide bonds. The molecule has 1 aliphatic rings. The predicted octanol–water partition coefficient (Wildman–Crippen LogP) is 7.38. The van der Waals surface area contributed by atoms with Crippen molar-refractivity contribution in [2.75, 3.05) is 13.2 Å². The highest BCUT2D eigenvalue weighted by Gasteiger charge is 2.44. The molecule has 0 spiro atoms. The maximum Gasteiger partial charge on any atom is 0.249 e. The summed E-state index contributed by atoms with van der Waals surface area (Å²) in [4.78, 5) is 13.0. The minimum atomic E-state index is -1.61. The first-order valence-electron chi connectivity index (χ1n) is 21.9. The number of aliphatic hydroxyl groups excluding tert-OH is 6. The highest BCUT2D eigenvalue weighted by molar-refractivity contribution is 5.80.